The van der Waals surface area contributed by atoms with Crippen LogP contribution >= 0.6 is 0 Å². The fourth-order valence-electron chi connectivity index (χ4n) is 2.17. The van der Waals surface area contributed by atoms with E-state index in [4.69, 9.17) is 4.42 Å². The number of para-hydroxylation sites is 2. The third-order valence-electron chi connectivity index (χ3n) is 3.19. The molecule has 6 nitrogen and oxygen atoms in total. The monoisotopic (exact) mass is 281 g/mol. The van der Waals surface area contributed by atoms with Gasteiger partial charge in [0.05, 0.1) is 0 Å². The van der Waals surface area contributed by atoms with E-state index in [-0.39, 0.29) is 11.3 Å². The molecule has 1 atom stereocenters. The lowest BCUT2D eigenvalue weighted by Crippen LogP contribution is -2.37. The number of aromatic nitrogens is 1. The lowest BCUT2D eigenvalue weighted by atomic mass is 10.2. The largest absolute Gasteiger partial charge is 0.427 e. The van der Waals surface area contributed by atoms with Crippen LogP contribution in [0.4, 0.5) is 0 Å². The Kier molecular flexibility index (Phi) is 3.26. The van der Waals surface area contributed by atoms with Crippen molar-refractivity contribution in [2.24, 2.45) is 0 Å². The van der Waals surface area contributed by atoms with Crippen LogP contribution in [0.2, 0.25) is 0 Å². The van der Waals surface area contributed by atoms with Crippen LogP contribution in [0.5, 0.6) is 0 Å². The second-order valence-corrected chi connectivity index (χ2v) is 6.24. The zero-order valence-electron chi connectivity index (χ0n) is 10.3. The van der Waals surface area contributed by atoms with Gasteiger partial charge >= 0.3 is 5.22 Å². The van der Waals surface area contributed by atoms with Crippen LogP contribution in [0.1, 0.15) is 12.8 Å². The van der Waals surface area contributed by atoms with E-state index in [9.17, 15) is 8.42 Å². The third kappa shape index (κ3) is 2.63. The van der Waals surface area contributed by atoms with Gasteiger partial charge in [0, 0.05) is 12.6 Å². The van der Waals surface area contributed by atoms with Crippen molar-refractivity contribution in [1.82, 2.24) is 15.0 Å². The van der Waals surface area contributed by atoms with Crippen molar-refractivity contribution in [3.05, 3.63) is 24.3 Å². The van der Waals surface area contributed by atoms with Crippen LogP contribution in [-0.4, -0.2) is 32.5 Å². The molecule has 1 saturated heterocycles. The predicted octanol–water partition coefficient (Wildman–Crippen LogP) is 0.858. The Morgan fingerprint density at radius 2 is 2.26 bits per heavy atom. The molecule has 0 saturated carbocycles. The van der Waals surface area contributed by atoms with Crippen molar-refractivity contribution >= 4 is 21.1 Å². The number of rotatable bonds is 4. The van der Waals surface area contributed by atoms with Crippen LogP contribution in [0.25, 0.3) is 11.1 Å². The molecule has 2 aromatic rings. The molecule has 1 fully saturated rings. The topological polar surface area (TPSA) is 84.2 Å². The van der Waals surface area contributed by atoms with Gasteiger partial charge in [-0.3, -0.25) is 0 Å². The Hall–Kier alpha value is -1.44. The molecule has 0 bridgehead atoms. The molecule has 1 aliphatic heterocycles. The van der Waals surface area contributed by atoms with E-state index in [1.54, 1.807) is 24.3 Å². The second-order valence-electron chi connectivity index (χ2n) is 4.59. The summed E-state index contributed by atoms with van der Waals surface area (Å²) in [5.41, 5.74) is 1.02. The highest BCUT2D eigenvalue weighted by Gasteiger charge is 2.23. The Morgan fingerprint density at radius 1 is 1.42 bits per heavy atom. The summed E-state index contributed by atoms with van der Waals surface area (Å²) in [4.78, 5) is 3.99. The zero-order valence-corrected chi connectivity index (χ0v) is 11.1. The molecule has 1 aliphatic rings. The highest BCUT2D eigenvalue weighted by atomic mass is 32.2. The van der Waals surface area contributed by atoms with Gasteiger partial charge in [0.25, 0.3) is 10.0 Å². The summed E-state index contributed by atoms with van der Waals surface area (Å²) in [5.74, 6) is 0. The maximum absolute atomic E-state index is 12.1. The van der Waals surface area contributed by atoms with Crippen LogP contribution in [-0.2, 0) is 10.0 Å². The molecule has 0 radical (unpaired) electrons. The van der Waals surface area contributed by atoms with Gasteiger partial charge in [-0.1, -0.05) is 12.1 Å². The molecule has 19 heavy (non-hydrogen) atoms. The Labute approximate surface area is 111 Å². The van der Waals surface area contributed by atoms with Gasteiger partial charge in [-0.2, -0.15) is 4.98 Å². The molecule has 7 heteroatoms. The summed E-state index contributed by atoms with van der Waals surface area (Å²) in [6.07, 6.45) is 2.06. The van der Waals surface area contributed by atoms with Crippen molar-refractivity contribution in [3.8, 4) is 0 Å². The van der Waals surface area contributed by atoms with E-state index in [0.29, 0.717) is 17.6 Å². The molecule has 3 rings (SSSR count). The van der Waals surface area contributed by atoms with Gasteiger partial charge in [0.15, 0.2) is 5.58 Å². The Morgan fingerprint density at radius 3 is 3.00 bits per heavy atom. The molecule has 1 aromatic carbocycles. The van der Waals surface area contributed by atoms with Crippen molar-refractivity contribution in [2.45, 2.75) is 24.1 Å². The van der Waals surface area contributed by atoms with E-state index >= 15 is 0 Å². The molecule has 2 N–H and O–H groups in total. The van der Waals surface area contributed by atoms with Gasteiger partial charge in [-0.05, 0) is 31.5 Å². The lowest BCUT2D eigenvalue weighted by Gasteiger charge is -2.09. The SMILES string of the molecule is O=S(=O)(NC[C@@H]1CCCN1)c1nc2ccccc2o1. The fourth-order valence-corrected chi connectivity index (χ4v) is 3.13. The maximum Gasteiger partial charge on any atom is 0.331 e. The van der Waals surface area contributed by atoms with Crippen molar-refractivity contribution in [1.29, 1.82) is 0 Å². The Balaban J connectivity index is 1.78. The van der Waals surface area contributed by atoms with E-state index < -0.39 is 10.0 Å². The zero-order chi connectivity index (χ0) is 13.3. The predicted molar refractivity (Wildman–Crippen MR) is 70.2 cm³/mol. The summed E-state index contributed by atoms with van der Waals surface area (Å²) >= 11 is 0. The first kappa shape index (κ1) is 12.6. The maximum atomic E-state index is 12.1. The van der Waals surface area contributed by atoms with Crippen molar-refractivity contribution < 1.29 is 12.8 Å². The molecule has 0 amide bonds. The molecule has 0 unspecified atom stereocenters. The molecule has 102 valence electrons. The van der Waals surface area contributed by atoms with Crippen molar-refractivity contribution in [2.75, 3.05) is 13.1 Å². The minimum atomic E-state index is -3.68. The van der Waals surface area contributed by atoms with E-state index in [1.807, 2.05) is 0 Å². The minimum absolute atomic E-state index is 0.194. The fraction of sp³-hybridized carbons (Fsp3) is 0.417. The van der Waals surface area contributed by atoms with Gasteiger partial charge < -0.3 is 9.73 Å². The second kappa shape index (κ2) is 4.92. The van der Waals surface area contributed by atoms with Crippen molar-refractivity contribution in [3.63, 3.8) is 0 Å². The van der Waals surface area contributed by atoms with Gasteiger partial charge in [-0.25, -0.2) is 13.1 Å². The van der Waals surface area contributed by atoms with E-state index in [0.717, 1.165) is 19.4 Å². The summed E-state index contributed by atoms with van der Waals surface area (Å²) in [5, 5.41) is 2.96. The van der Waals surface area contributed by atoms with Gasteiger partial charge in [-0.15, -0.1) is 0 Å². The molecular weight excluding hydrogens is 266 g/mol. The number of nitrogens with one attached hydrogen (secondary N) is 2. The number of fused-ring (bicyclic) bond motifs is 1. The number of nitrogens with zero attached hydrogens (tertiary/aromatic N) is 1. The third-order valence-corrected chi connectivity index (χ3v) is 4.37. The quantitative estimate of drug-likeness (QED) is 0.868. The number of benzene rings is 1. The molecule has 2 heterocycles. The molecular formula is C12H15N3O3S. The lowest BCUT2D eigenvalue weighted by molar-refractivity contribution is 0.450. The molecule has 0 spiro atoms. The first-order valence-electron chi connectivity index (χ1n) is 6.24. The average Bonchev–Trinajstić information content (AvgIpc) is 3.05. The molecule has 0 aliphatic carbocycles. The average molecular weight is 281 g/mol. The summed E-state index contributed by atoms with van der Waals surface area (Å²) < 4.78 is 31.9. The van der Waals surface area contributed by atoms with Crippen LogP contribution < -0.4 is 10.0 Å². The smallest absolute Gasteiger partial charge is 0.331 e. The van der Waals surface area contributed by atoms with Crippen LogP contribution in [0, 0.1) is 0 Å². The summed E-state index contributed by atoms with van der Waals surface area (Å²) in [6.45, 7) is 1.30. The van der Waals surface area contributed by atoms with Gasteiger partial charge in [0.1, 0.15) is 5.52 Å². The highest BCUT2D eigenvalue weighted by molar-refractivity contribution is 7.89. The highest BCUT2D eigenvalue weighted by Crippen LogP contribution is 2.18. The first-order valence-corrected chi connectivity index (χ1v) is 7.72. The molecule has 1 aromatic heterocycles. The van der Waals surface area contributed by atoms with Crippen LogP contribution in [0.3, 0.4) is 0 Å². The summed E-state index contributed by atoms with van der Waals surface area (Å²) in [7, 11) is -3.68. The van der Waals surface area contributed by atoms with E-state index in [1.165, 1.54) is 0 Å². The standard InChI is InChI=1S/C12H15N3O3S/c16-19(17,14-8-9-4-3-7-13-9)12-15-10-5-1-2-6-11(10)18-12/h1-2,5-6,9,13-14H,3-4,7-8H2/t9-/m0/s1. The number of hydrogen-bond donors (Lipinski definition) is 2. The number of hydrogen-bond acceptors (Lipinski definition) is 5. The van der Waals surface area contributed by atoms with E-state index in [2.05, 4.69) is 15.0 Å². The minimum Gasteiger partial charge on any atom is -0.427 e. The van der Waals surface area contributed by atoms with Gasteiger partial charge in [0.2, 0.25) is 0 Å². The first-order chi connectivity index (χ1) is 9.15. The normalized spacial score (nSPS) is 20.1. The van der Waals surface area contributed by atoms with Crippen LogP contribution in [0.15, 0.2) is 33.9 Å². The Bertz CT molecular complexity index is 641. The number of oxazole rings is 1. The number of sulfonamides is 1. The summed E-state index contributed by atoms with van der Waals surface area (Å²) in [6, 6.07) is 7.17.